The Labute approximate surface area is 212 Å². The molecule has 2 aromatic heterocycles. The average Bonchev–Trinajstić information content (AvgIpc) is 3.49. The minimum atomic E-state index is -0.431. The number of hydrogen-bond donors (Lipinski definition) is 1. The van der Waals surface area contributed by atoms with E-state index >= 15 is 0 Å². The van der Waals surface area contributed by atoms with Gasteiger partial charge >= 0.3 is 0 Å². The lowest BCUT2D eigenvalue weighted by molar-refractivity contribution is 0.0881. The van der Waals surface area contributed by atoms with Gasteiger partial charge in [0.1, 0.15) is 17.7 Å². The van der Waals surface area contributed by atoms with Gasteiger partial charge in [0.25, 0.3) is 5.91 Å². The maximum absolute atomic E-state index is 13.3. The van der Waals surface area contributed by atoms with Crippen molar-refractivity contribution in [1.82, 2.24) is 20.1 Å². The van der Waals surface area contributed by atoms with Crippen LogP contribution >= 0.6 is 11.3 Å². The number of thiazole rings is 1. The Kier molecular flexibility index (Phi) is 6.52. The molecule has 3 aromatic carbocycles. The maximum Gasteiger partial charge on any atom is 0.280 e. The van der Waals surface area contributed by atoms with Crippen LogP contribution in [0.5, 0.6) is 5.75 Å². The van der Waals surface area contributed by atoms with Crippen LogP contribution in [0.2, 0.25) is 0 Å². The number of halogens is 1. The Hall–Kier alpha value is -4.04. The van der Waals surface area contributed by atoms with Crippen LogP contribution in [0.3, 0.4) is 0 Å². The van der Waals surface area contributed by atoms with E-state index in [1.807, 2.05) is 57.2 Å². The van der Waals surface area contributed by atoms with Gasteiger partial charge in [0.2, 0.25) is 0 Å². The second-order valence-electron chi connectivity index (χ2n) is 8.74. The molecule has 182 valence electrons. The lowest BCUT2D eigenvalue weighted by Crippen LogP contribution is -2.39. The monoisotopic (exact) mass is 500 g/mol. The van der Waals surface area contributed by atoms with Gasteiger partial charge in [-0.15, -0.1) is 11.3 Å². The van der Waals surface area contributed by atoms with Crippen LogP contribution < -0.4 is 10.1 Å². The molecule has 1 amide bonds. The summed E-state index contributed by atoms with van der Waals surface area (Å²) in [6, 6.07) is 19.7. The molecule has 5 aromatic rings. The largest absolute Gasteiger partial charge is 0.484 e. The van der Waals surface area contributed by atoms with Crippen molar-refractivity contribution in [3.8, 4) is 11.4 Å². The topological polar surface area (TPSA) is 69.0 Å². The van der Waals surface area contributed by atoms with Crippen LogP contribution in [0.4, 0.5) is 4.39 Å². The molecule has 0 fully saturated rings. The molecular formula is C28H25FN4O2S. The third-order valence-electron chi connectivity index (χ3n) is 5.87. The van der Waals surface area contributed by atoms with Gasteiger partial charge in [-0.2, -0.15) is 5.10 Å². The zero-order valence-corrected chi connectivity index (χ0v) is 20.9. The minimum Gasteiger partial charge on any atom is -0.484 e. The Balaban J connectivity index is 1.43. The highest BCUT2D eigenvalue weighted by Gasteiger charge is 2.25. The van der Waals surface area contributed by atoms with Crippen molar-refractivity contribution in [2.75, 3.05) is 0 Å². The fourth-order valence-corrected chi connectivity index (χ4v) is 4.80. The van der Waals surface area contributed by atoms with Gasteiger partial charge in [-0.05, 0) is 68.8 Å². The summed E-state index contributed by atoms with van der Waals surface area (Å²) in [7, 11) is 0. The summed E-state index contributed by atoms with van der Waals surface area (Å²) in [6.07, 6.45) is 3.02. The van der Waals surface area contributed by atoms with Gasteiger partial charge < -0.3 is 10.1 Å². The third-order valence-corrected chi connectivity index (χ3v) is 6.78. The van der Waals surface area contributed by atoms with Gasteiger partial charge in [-0.1, -0.05) is 29.8 Å². The zero-order valence-electron chi connectivity index (χ0n) is 20.1. The smallest absolute Gasteiger partial charge is 0.280 e. The van der Waals surface area contributed by atoms with Crippen molar-refractivity contribution < 1.29 is 13.9 Å². The highest BCUT2D eigenvalue weighted by Crippen LogP contribution is 2.29. The Morgan fingerprint density at radius 3 is 2.58 bits per heavy atom. The molecule has 6 nitrogen and oxygen atoms in total. The van der Waals surface area contributed by atoms with E-state index in [4.69, 9.17) is 4.74 Å². The van der Waals surface area contributed by atoms with Gasteiger partial charge in [0.15, 0.2) is 5.01 Å². The first-order valence-electron chi connectivity index (χ1n) is 11.6. The van der Waals surface area contributed by atoms with E-state index in [0.29, 0.717) is 10.8 Å². The quantitative estimate of drug-likeness (QED) is 0.290. The minimum absolute atomic E-state index is 0.224. The first-order valence-corrected chi connectivity index (χ1v) is 12.4. The number of fused-ring (bicyclic) bond motifs is 1. The second kappa shape index (κ2) is 9.91. The fraction of sp³-hybridized carbons (Fsp3) is 0.179. The normalized spacial score (nSPS) is 12.9. The molecule has 0 bridgehead atoms. The van der Waals surface area contributed by atoms with Crippen LogP contribution in [0, 0.1) is 19.7 Å². The number of carbonyl (C=O) groups is 1. The molecule has 0 aliphatic heterocycles. The highest BCUT2D eigenvalue weighted by atomic mass is 32.1. The molecule has 36 heavy (non-hydrogen) atoms. The number of benzene rings is 3. The molecule has 0 aliphatic rings. The summed E-state index contributed by atoms with van der Waals surface area (Å²) >= 11 is 1.36. The van der Waals surface area contributed by atoms with E-state index in [9.17, 15) is 9.18 Å². The van der Waals surface area contributed by atoms with E-state index in [0.717, 1.165) is 32.6 Å². The molecule has 2 atom stereocenters. The van der Waals surface area contributed by atoms with Crippen molar-refractivity contribution in [1.29, 1.82) is 0 Å². The number of hydrogen-bond acceptors (Lipinski definition) is 5. The summed E-state index contributed by atoms with van der Waals surface area (Å²) in [6.45, 7) is 5.87. The summed E-state index contributed by atoms with van der Waals surface area (Å²) in [5.41, 5.74) is 3.71. The molecule has 0 aliphatic carbocycles. The highest BCUT2D eigenvalue weighted by molar-refractivity contribution is 7.13. The number of nitrogens with zero attached hydrogens (tertiary/aromatic N) is 3. The van der Waals surface area contributed by atoms with Crippen LogP contribution in [0.1, 0.15) is 38.8 Å². The maximum atomic E-state index is 13.3. The first kappa shape index (κ1) is 23.7. The summed E-state index contributed by atoms with van der Waals surface area (Å²) in [5, 5.41) is 8.83. The lowest BCUT2D eigenvalue weighted by atomic mass is 10.0. The van der Waals surface area contributed by atoms with Gasteiger partial charge in [-0.3, -0.25) is 4.79 Å². The molecule has 0 spiro atoms. The summed E-state index contributed by atoms with van der Waals surface area (Å²) in [4.78, 5) is 18.0. The molecule has 2 heterocycles. The van der Waals surface area contributed by atoms with Crippen LogP contribution in [-0.4, -0.2) is 26.7 Å². The Bertz CT molecular complexity index is 1530. The molecule has 5 rings (SSSR count). The number of ether oxygens (including phenoxy) is 1. The lowest BCUT2D eigenvalue weighted by Gasteiger charge is -2.26. The van der Waals surface area contributed by atoms with Crippen molar-refractivity contribution in [3.63, 3.8) is 0 Å². The third kappa shape index (κ3) is 4.99. The van der Waals surface area contributed by atoms with E-state index in [1.165, 1.54) is 23.5 Å². The number of nitrogens with one attached hydrogen (secondary N) is 1. The molecule has 0 unspecified atom stereocenters. The van der Waals surface area contributed by atoms with Gasteiger partial charge in [-0.25, -0.2) is 14.1 Å². The number of aryl methyl sites for hydroxylation is 2. The number of amides is 1. The number of carbonyl (C=O) groups excluding carboxylic acids is 1. The van der Waals surface area contributed by atoms with Crippen LogP contribution in [0.25, 0.3) is 16.6 Å². The molecular weight excluding hydrogens is 475 g/mol. The predicted molar refractivity (Wildman–Crippen MR) is 139 cm³/mol. The molecule has 0 saturated heterocycles. The van der Waals surface area contributed by atoms with Crippen molar-refractivity contribution in [2.45, 2.75) is 32.9 Å². The second-order valence-corrected chi connectivity index (χ2v) is 9.98. The van der Waals surface area contributed by atoms with Gasteiger partial charge in [0.05, 0.1) is 23.4 Å². The van der Waals surface area contributed by atoms with Gasteiger partial charge in [0, 0.05) is 16.5 Å². The Morgan fingerprint density at radius 1 is 1.06 bits per heavy atom. The average molecular weight is 501 g/mol. The van der Waals surface area contributed by atoms with E-state index in [1.54, 1.807) is 29.2 Å². The number of aromatic nitrogens is 3. The summed E-state index contributed by atoms with van der Waals surface area (Å²) < 4.78 is 21.6. The SMILES string of the molecule is Cc1cccc([C@@H](Oc2ccc3c(cnn3-c3ccc(F)cc3)c2)[C@H](C)NC(=O)c2ncc(C)s2)c1. The molecule has 0 radical (unpaired) electrons. The fourth-order valence-electron chi connectivity index (χ4n) is 4.13. The molecule has 1 N–H and O–H groups in total. The summed E-state index contributed by atoms with van der Waals surface area (Å²) in [5.74, 6) is 0.135. The number of rotatable bonds is 7. The van der Waals surface area contributed by atoms with E-state index in [2.05, 4.69) is 21.5 Å². The zero-order chi connectivity index (χ0) is 25.2. The van der Waals surface area contributed by atoms with Crippen LogP contribution in [0.15, 0.2) is 79.1 Å². The molecule has 8 heteroatoms. The van der Waals surface area contributed by atoms with E-state index in [-0.39, 0.29) is 17.8 Å². The van der Waals surface area contributed by atoms with Crippen molar-refractivity contribution in [2.24, 2.45) is 0 Å². The van der Waals surface area contributed by atoms with Crippen molar-refractivity contribution >= 4 is 28.1 Å². The Morgan fingerprint density at radius 2 is 1.86 bits per heavy atom. The first-order chi connectivity index (χ1) is 17.4. The molecule has 0 saturated carbocycles. The predicted octanol–water partition coefficient (Wildman–Crippen LogP) is 6.18. The van der Waals surface area contributed by atoms with Crippen molar-refractivity contribution in [3.05, 3.63) is 106 Å². The van der Waals surface area contributed by atoms with Crippen LogP contribution in [-0.2, 0) is 0 Å². The van der Waals surface area contributed by atoms with E-state index < -0.39 is 6.10 Å². The standard InChI is InChI=1S/C28H25FN4O2S/c1-17-5-4-6-20(13-17)26(19(3)32-27(34)28-30-15-18(2)36-28)35-24-11-12-25-21(14-24)16-31-33(25)23-9-7-22(29)8-10-23/h4-16,19,26H,1-3H3,(H,32,34)/t19-,26-/m0/s1.